The van der Waals surface area contributed by atoms with Gasteiger partial charge in [0.2, 0.25) is 0 Å². The molecular formula is C14H11NO. The molecule has 0 aliphatic rings. The predicted molar refractivity (Wildman–Crippen MR) is 65.7 cm³/mol. The molecule has 2 nitrogen and oxygen atoms in total. The van der Waals surface area contributed by atoms with Crippen LogP contribution in [-0.2, 0) is 0 Å². The first kappa shape index (κ1) is 9.04. The van der Waals surface area contributed by atoms with Crippen molar-refractivity contribution < 1.29 is 4.52 Å². The van der Waals surface area contributed by atoms with Gasteiger partial charge < -0.3 is 4.52 Å². The summed E-state index contributed by atoms with van der Waals surface area (Å²) in [5, 5.41) is 6.31. The summed E-state index contributed by atoms with van der Waals surface area (Å²) in [5.41, 5.74) is 0.847. The molecular weight excluding hydrogens is 198 g/mol. The highest BCUT2D eigenvalue weighted by Gasteiger charge is 1.98. The Bertz CT molecular complexity index is 677. The standard InChI is InChI=1S/C14H11NO/c1-2-6-12-11(5-1)8-9-14-13(12)7-3-4-10-15-16-14/h1-10,15H. The fraction of sp³-hybridized carbons (Fsp3) is 0. The van der Waals surface area contributed by atoms with Crippen molar-refractivity contribution in [1.29, 1.82) is 0 Å². The molecule has 0 fully saturated rings. The minimum absolute atomic E-state index is 0.847. The molecule has 0 unspecified atom stereocenters. The zero-order chi connectivity index (χ0) is 10.8. The Morgan fingerprint density at radius 3 is 2.56 bits per heavy atom. The highest BCUT2D eigenvalue weighted by molar-refractivity contribution is 6.04. The lowest BCUT2D eigenvalue weighted by molar-refractivity contribution is 0.445. The number of benzene rings is 2. The Labute approximate surface area is 92.8 Å². The number of fused-ring (bicyclic) bond motifs is 3. The van der Waals surface area contributed by atoms with Gasteiger partial charge in [-0.05, 0) is 22.9 Å². The molecule has 0 spiro atoms. The van der Waals surface area contributed by atoms with Gasteiger partial charge in [-0.15, -0.1) is 0 Å². The molecule has 78 valence electrons. The van der Waals surface area contributed by atoms with Crippen molar-refractivity contribution >= 4 is 21.7 Å². The summed E-state index contributed by atoms with van der Waals surface area (Å²) < 4.78 is 5.45. The lowest BCUT2D eigenvalue weighted by Crippen LogP contribution is -1.76. The normalized spacial score (nSPS) is 10.5. The van der Waals surface area contributed by atoms with E-state index in [0.29, 0.717) is 0 Å². The van der Waals surface area contributed by atoms with E-state index in [1.807, 2.05) is 30.3 Å². The van der Waals surface area contributed by atoms with Crippen LogP contribution in [0, 0.1) is 0 Å². The molecule has 0 atom stereocenters. The number of hydrogen-bond acceptors (Lipinski definition) is 1. The van der Waals surface area contributed by atoms with Gasteiger partial charge in [-0.3, -0.25) is 0 Å². The summed E-state index contributed by atoms with van der Waals surface area (Å²) in [5.74, 6) is 0. The van der Waals surface area contributed by atoms with E-state index in [1.54, 1.807) is 6.20 Å². The van der Waals surface area contributed by atoms with Crippen LogP contribution in [0.15, 0.2) is 65.3 Å². The molecule has 0 saturated carbocycles. The van der Waals surface area contributed by atoms with E-state index in [1.165, 1.54) is 10.8 Å². The molecule has 1 aromatic heterocycles. The lowest BCUT2D eigenvalue weighted by Gasteiger charge is -2.00. The third-order valence-corrected chi connectivity index (χ3v) is 2.64. The van der Waals surface area contributed by atoms with Crippen LogP contribution < -0.4 is 0 Å². The van der Waals surface area contributed by atoms with Gasteiger partial charge in [0.1, 0.15) is 0 Å². The van der Waals surface area contributed by atoms with E-state index in [9.17, 15) is 0 Å². The van der Waals surface area contributed by atoms with Gasteiger partial charge in [-0.25, -0.2) is 5.16 Å². The zero-order valence-electron chi connectivity index (χ0n) is 8.68. The summed E-state index contributed by atoms with van der Waals surface area (Å²) in [6.45, 7) is 0. The van der Waals surface area contributed by atoms with Crippen molar-refractivity contribution in [1.82, 2.24) is 5.16 Å². The number of hydrogen-bond donors (Lipinski definition) is 1. The van der Waals surface area contributed by atoms with Crippen molar-refractivity contribution in [2.24, 2.45) is 0 Å². The van der Waals surface area contributed by atoms with Gasteiger partial charge in [0.05, 0.1) is 0 Å². The van der Waals surface area contributed by atoms with E-state index in [-0.39, 0.29) is 0 Å². The molecule has 0 amide bonds. The van der Waals surface area contributed by atoms with Crippen LogP contribution in [0.4, 0.5) is 0 Å². The van der Waals surface area contributed by atoms with Crippen LogP contribution in [0.5, 0.6) is 0 Å². The van der Waals surface area contributed by atoms with Gasteiger partial charge in [0, 0.05) is 11.6 Å². The Morgan fingerprint density at radius 2 is 1.56 bits per heavy atom. The van der Waals surface area contributed by atoms with Gasteiger partial charge in [-0.2, -0.15) is 0 Å². The lowest BCUT2D eigenvalue weighted by atomic mass is 10.1. The summed E-state index contributed by atoms with van der Waals surface area (Å²) in [4.78, 5) is 0. The monoisotopic (exact) mass is 209 g/mol. The molecule has 0 bridgehead atoms. The highest BCUT2D eigenvalue weighted by atomic mass is 16.5. The summed E-state index contributed by atoms with van der Waals surface area (Å²) in [6.07, 6.45) is 1.76. The van der Waals surface area contributed by atoms with Gasteiger partial charge in [0.15, 0.2) is 5.58 Å². The molecule has 0 aliphatic carbocycles. The second kappa shape index (κ2) is 3.74. The average molecular weight is 209 g/mol. The van der Waals surface area contributed by atoms with Crippen LogP contribution in [-0.4, -0.2) is 5.16 Å². The quantitative estimate of drug-likeness (QED) is 0.594. The van der Waals surface area contributed by atoms with Crippen LogP contribution >= 0.6 is 0 Å². The van der Waals surface area contributed by atoms with Crippen LogP contribution in [0.3, 0.4) is 0 Å². The summed E-state index contributed by atoms with van der Waals surface area (Å²) in [6, 6.07) is 18.3. The first-order valence-electron chi connectivity index (χ1n) is 5.22. The number of aromatic amines is 1. The first-order chi connectivity index (χ1) is 7.95. The molecule has 2 heteroatoms. The largest absolute Gasteiger partial charge is 0.382 e. The maximum Gasteiger partial charge on any atom is 0.162 e. The fourth-order valence-electron chi connectivity index (χ4n) is 1.88. The molecule has 0 saturated heterocycles. The number of aromatic nitrogens is 1. The van der Waals surface area contributed by atoms with Crippen molar-refractivity contribution in [2.45, 2.75) is 0 Å². The molecule has 1 N–H and O–H groups in total. The zero-order valence-corrected chi connectivity index (χ0v) is 8.68. The molecule has 16 heavy (non-hydrogen) atoms. The minimum atomic E-state index is 0.847. The van der Waals surface area contributed by atoms with E-state index in [0.717, 1.165) is 11.0 Å². The van der Waals surface area contributed by atoms with Crippen molar-refractivity contribution in [3.05, 3.63) is 60.8 Å². The number of rotatable bonds is 0. The van der Waals surface area contributed by atoms with Crippen molar-refractivity contribution in [3.63, 3.8) is 0 Å². The second-order valence-electron chi connectivity index (χ2n) is 3.64. The van der Waals surface area contributed by atoms with Gasteiger partial charge in [0.25, 0.3) is 0 Å². The second-order valence-corrected chi connectivity index (χ2v) is 3.64. The van der Waals surface area contributed by atoms with Crippen LogP contribution in [0.25, 0.3) is 21.7 Å². The van der Waals surface area contributed by atoms with E-state index < -0.39 is 0 Å². The van der Waals surface area contributed by atoms with Gasteiger partial charge in [-0.1, -0.05) is 42.5 Å². The van der Waals surface area contributed by atoms with E-state index in [4.69, 9.17) is 4.52 Å². The first-order valence-corrected chi connectivity index (χ1v) is 5.22. The maximum absolute atomic E-state index is 5.45. The SMILES string of the molecule is c1ccc2c(ccc3ccccc32)o[nH]c1. The van der Waals surface area contributed by atoms with Crippen LogP contribution in [0.2, 0.25) is 0 Å². The third kappa shape index (κ3) is 1.44. The number of H-pyrrole nitrogens is 1. The molecule has 0 aliphatic heterocycles. The molecule has 2 aromatic carbocycles. The van der Waals surface area contributed by atoms with Crippen molar-refractivity contribution in [2.75, 3.05) is 0 Å². The average Bonchev–Trinajstić information content (AvgIpc) is 2.29. The Balaban J connectivity index is 2.56. The molecule has 3 rings (SSSR count). The fourth-order valence-corrected chi connectivity index (χ4v) is 1.88. The van der Waals surface area contributed by atoms with Gasteiger partial charge >= 0.3 is 0 Å². The topological polar surface area (TPSA) is 28.9 Å². The summed E-state index contributed by atoms with van der Waals surface area (Å²) in [7, 11) is 0. The molecule has 1 heterocycles. The highest BCUT2D eigenvalue weighted by Crippen LogP contribution is 2.23. The Kier molecular flexibility index (Phi) is 2.11. The van der Waals surface area contributed by atoms with E-state index in [2.05, 4.69) is 29.4 Å². The Morgan fingerprint density at radius 1 is 0.750 bits per heavy atom. The minimum Gasteiger partial charge on any atom is -0.382 e. The predicted octanol–water partition coefficient (Wildman–Crippen LogP) is 4.04. The summed E-state index contributed by atoms with van der Waals surface area (Å²) >= 11 is 0. The van der Waals surface area contributed by atoms with E-state index >= 15 is 0 Å². The number of nitrogens with one attached hydrogen (secondary N) is 1. The molecule has 0 radical (unpaired) electrons. The van der Waals surface area contributed by atoms with Crippen molar-refractivity contribution in [3.8, 4) is 0 Å². The molecule has 3 aromatic rings. The maximum atomic E-state index is 5.45. The Hall–Kier alpha value is -2.22. The third-order valence-electron chi connectivity index (χ3n) is 2.64. The van der Waals surface area contributed by atoms with Crippen LogP contribution in [0.1, 0.15) is 0 Å². The smallest absolute Gasteiger partial charge is 0.162 e.